The Balaban J connectivity index is 2.37. The van der Waals surface area contributed by atoms with Crippen molar-refractivity contribution >= 4 is 33.0 Å². The van der Waals surface area contributed by atoms with Gasteiger partial charge in [0.05, 0.1) is 28.5 Å². The van der Waals surface area contributed by atoms with Crippen LogP contribution < -0.4 is 0 Å². The summed E-state index contributed by atoms with van der Waals surface area (Å²) in [7, 11) is -2.25. The number of hydrogen-bond donors (Lipinski definition) is 0. The smallest absolute Gasteiger partial charge is 0.243 e. The molecule has 4 nitrogen and oxygen atoms in total. The highest BCUT2D eigenvalue weighted by molar-refractivity contribution is 7.89. The average molecular weight is 349 g/mol. The number of nitrogens with zero attached hydrogens (tertiary/aromatic N) is 2. The van der Waals surface area contributed by atoms with Gasteiger partial charge in [-0.25, -0.2) is 17.8 Å². The van der Waals surface area contributed by atoms with Crippen molar-refractivity contribution in [2.75, 3.05) is 7.05 Å². The summed E-state index contributed by atoms with van der Waals surface area (Å²) in [5.41, 5.74) is 2.75. The number of hydrogen-bond acceptors (Lipinski definition) is 4. The average Bonchev–Trinajstić information content (AvgIpc) is 2.94. The molecule has 0 bridgehead atoms. The highest BCUT2D eigenvalue weighted by Gasteiger charge is 2.23. The molecule has 0 atom stereocenters. The first-order chi connectivity index (χ1) is 9.86. The third-order valence-electron chi connectivity index (χ3n) is 3.02. The molecule has 0 radical (unpaired) electrons. The van der Waals surface area contributed by atoms with Crippen LogP contribution in [0.1, 0.15) is 16.8 Å². The van der Waals surface area contributed by atoms with E-state index in [9.17, 15) is 12.8 Å². The van der Waals surface area contributed by atoms with E-state index in [2.05, 4.69) is 4.98 Å². The molecule has 1 heterocycles. The zero-order valence-electron chi connectivity index (χ0n) is 11.5. The van der Waals surface area contributed by atoms with Crippen molar-refractivity contribution < 1.29 is 12.8 Å². The number of aryl methyl sites for hydroxylation is 1. The second kappa shape index (κ2) is 6.39. The Morgan fingerprint density at radius 2 is 2.14 bits per heavy atom. The first-order valence-electron chi connectivity index (χ1n) is 6.04. The summed E-state index contributed by atoms with van der Waals surface area (Å²) in [5.74, 6) is -0.544. The molecule has 0 N–H and O–H groups in total. The molecule has 0 amide bonds. The van der Waals surface area contributed by atoms with Crippen LogP contribution in [0.5, 0.6) is 0 Å². The largest absolute Gasteiger partial charge is 0.248 e. The van der Waals surface area contributed by atoms with Gasteiger partial charge >= 0.3 is 0 Å². The van der Waals surface area contributed by atoms with E-state index >= 15 is 0 Å². The summed E-state index contributed by atoms with van der Waals surface area (Å²) < 4.78 is 40.0. The molecular weight excluding hydrogens is 335 g/mol. The van der Waals surface area contributed by atoms with Crippen LogP contribution in [0.3, 0.4) is 0 Å². The van der Waals surface area contributed by atoms with E-state index in [-0.39, 0.29) is 28.4 Å². The van der Waals surface area contributed by atoms with Crippen LogP contribution >= 0.6 is 22.9 Å². The van der Waals surface area contributed by atoms with Crippen molar-refractivity contribution in [3.63, 3.8) is 0 Å². The van der Waals surface area contributed by atoms with Crippen LogP contribution in [-0.2, 0) is 22.4 Å². The number of halogens is 2. The van der Waals surface area contributed by atoms with Gasteiger partial charge in [0.25, 0.3) is 0 Å². The predicted molar refractivity (Wildman–Crippen MR) is 81.5 cm³/mol. The predicted octanol–water partition coefficient (Wildman–Crippen LogP) is 3.15. The van der Waals surface area contributed by atoms with E-state index in [1.807, 2.05) is 0 Å². The fourth-order valence-electron chi connectivity index (χ4n) is 1.86. The lowest BCUT2D eigenvalue weighted by atomic mass is 10.1. The first-order valence-corrected chi connectivity index (χ1v) is 8.96. The van der Waals surface area contributed by atoms with E-state index in [4.69, 9.17) is 11.6 Å². The van der Waals surface area contributed by atoms with Crippen LogP contribution in [0.2, 0.25) is 0 Å². The van der Waals surface area contributed by atoms with E-state index < -0.39 is 15.8 Å². The maximum absolute atomic E-state index is 13.8. The molecule has 0 fully saturated rings. The molecule has 0 aliphatic carbocycles. The second-order valence-corrected chi connectivity index (χ2v) is 7.62. The molecule has 0 spiro atoms. The van der Waals surface area contributed by atoms with Crippen LogP contribution in [0.4, 0.5) is 4.39 Å². The third kappa shape index (κ3) is 3.42. The quantitative estimate of drug-likeness (QED) is 0.780. The normalized spacial score (nSPS) is 12.0. The summed E-state index contributed by atoms with van der Waals surface area (Å²) in [4.78, 5) is 4.10. The van der Waals surface area contributed by atoms with Gasteiger partial charge in [0.2, 0.25) is 10.0 Å². The van der Waals surface area contributed by atoms with Crippen LogP contribution in [0.15, 0.2) is 27.9 Å². The van der Waals surface area contributed by atoms with Gasteiger partial charge in [0.1, 0.15) is 5.82 Å². The van der Waals surface area contributed by atoms with Crippen molar-refractivity contribution in [3.8, 4) is 0 Å². The van der Waals surface area contributed by atoms with Crippen molar-refractivity contribution in [2.24, 2.45) is 0 Å². The Kier molecular flexibility index (Phi) is 4.98. The molecule has 1 aromatic carbocycles. The minimum absolute atomic E-state index is 0.0368. The minimum Gasteiger partial charge on any atom is -0.248 e. The zero-order chi connectivity index (χ0) is 15.6. The van der Waals surface area contributed by atoms with Gasteiger partial charge < -0.3 is 0 Å². The highest BCUT2D eigenvalue weighted by atomic mass is 35.5. The Morgan fingerprint density at radius 3 is 2.71 bits per heavy atom. The third-order valence-corrected chi connectivity index (χ3v) is 5.73. The molecule has 114 valence electrons. The van der Waals surface area contributed by atoms with E-state index in [0.29, 0.717) is 5.69 Å². The standard InChI is InChI=1S/C13H14ClFN2O2S2/c1-9-3-12(4-10(5-14)13(9)15)21(18,19)17(2)6-11-7-20-8-16-11/h3-4,7-8H,5-6H2,1-2H3. The minimum atomic E-state index is -3.71. The molecule has 0 aliphatic rings. The summed E-state index contributed by atoms with van der Waals surface area (Å²) in [6.07, 6.45) is 0. The lowest BCUT2D eigenvalue weighted by molar-refractivity contribution is 0.462. The summed E-state index contributed by atoms with van der Waals surface area (Å²) in [6, 6.07) is 2.60. The molecular formula is C13H14ClFN2O2S2. The number of benzene rings is 1. The Labute approximate surface area is 132 Å². The molecule has 2 aromatic rings. The zero-order valence-corrected chi connectivity index (χ0v) is 13.9. The van der Waals surface area contributed by atoms with E-state index in [1.165, 1.54) is 41.7 Å². The molecule has 8 heteroatoms. The van der Waals surface area contributed by atoms with Crippen LogP contribution in [0, 0.1) is 12.7 Å². The molecule has 0 saturated heterocycles. The van der Waals surface area contributed by atoms with Gasteiger partial charge in [-0.1, -0.05) is 0 Å². The second-order valence-electron chi connectivity index (χ2n) is 4.59. The lowest BCUT2D eigenvalue weighted by Gasteiger charge is -2.17. The lowest BCUT2D eigenvalue weighted by Crippen LogP contribution is -2.27. The van der Waals surface area contributed by atoms with Gasteiger partial charge in [-0.05, 0) is 24.6 Å². The highest BCUT2D eigenvalue weighted by Crippen LogP contribution is 2.23. The van der Waals surface area contributed by atoms with Crippen LogP contribution in [0.25, 0.3) is 0 Å². The number of thiazole rings is 1. The summed E-state index contributed by atoms with van der Waals surface area (Å²) in [5, 5.41) is 1.78. The SMILES string of the molecule is Cc1cc(S(=O)(=O)N(C)Cc2cscn2)cc(CCl)c1F. The van der Waals surface area contributed by atoms with Gasteiger partial charge in [-0.15, -0.1) is 22.9 Å². The molecule has 0 unspecified atom stereocenters. The summed E-state index contributed by atoms with van der Waals surface area (Å²) in [6.45, 7) is 1.68. The van der Waals surface area contributed by atoms with Crippen molar-refractivity contribution in [1.82, 2.24) is 9.29 Å². The first kappa shape index (κ1) is 16.4. The maximum Gasteiger partial charge on any atom is 0.243 e. The van der Waals surface area contributed by atoms with Gasteiger partial charge in [0, 0.05) is 18.0 Å². The Bertz CT molecular complexity index is 733. The molecule has 21 heavy (non-hydrogen) atoms. The topological polar surface area (TPSA) is 50.3 Å². The summed E-state index contributed by atoms with van der Waals surface area (Å²) >= 11 is 7.06. The molecule has 1 aromatic heterocycles. The van der Waals surface area contributed by atoms with E-state index in [0.717, 1.165) is 0 Å². The van der Waals surface area contributed by atoms with Gasteiger partial charge in [-0.3, -0.25) is 0 Å². The van der Waals surface area contributed by atoms with Crippen LogP contribution in [-0.4, -0.2) is 24.8 Å². The fourth-order valence-corrected chi connectivity index (χ4v) is 3.88. The molecule has 0 saturated carbocycles. The Hall–Kier alpha value is -1.02. The van der Waals surface area contributed by atoms with Crippen molar-refractivity contribution in [2.45, 2.75) is 24.2 Å². The number of rotatable bonds is 5. The molecule has 0 aliphatic heterocycles. The van der Waals surface area contributed by atoms with Crippen molar-refractivity contribution in [3.05, 3.63) is 45.7 Å². The monoisotopic (exact) mass is 348 g/mol. The van der Waals surface area contributed by atoms with Crippen molar-refractivity contribution in [1.29, 1.82) is 0 Å². The van der Waals surface area contributed by atoms with Gasteiger partial charge in [0.15, 0.2) is 0 Å². The van der Waals surface area contributed by atoms with Gasteiger partial charge in [-0.2, -0.15) is 4.31 Å². The fraction of sp³-hybridized carbons (Fsp3) is 0.308. The number of sulfonamides is 1. The number of alkyl halides is 1. The maximum atomic E-state index is 13.8. The molecule has 2 rings (SSSR count). The number of aromatic nitrogens is 1. The van der Waals surface area contributed by atoms with E-state index in [1.54, 1.807) is 10.9 Å². The Morgan fingerprint density at radius 1 is 1.43 bits per heavy atom.